The molecule has 0 saturated heterocycles. The molecule has 2 N–H and O–H groups in total. The Kier molecular flexibility index (Phi) is 4.46. The van der Waals surface area contributed by atoms with E-state index in [1.165, 1.54) is 11.1 Å². The van der Waals surface area contributed by atoms with E-state index in [0.29, 0.717) is 18.6 Å². The highest BCUT2D eigenvalue weighted by Crippen LogP contribution is 2.43. The van der Waals surface area contributed by atoms with Crippen molar-refractivity contribution in [3.8, 4) is 5.75 Å². The molecule has 1 saturated carbocycles. The second-order valence-corrected chi connectivity index (χ2v) is 4.82. The van der Waals surface area contributed by atoms with Crippen molar-refractivity contribution in [2.45, 2.75) is 25.0 Å². The highest BCUT2D eigenvalue weighted by atomic mass is 35.5. The minimum Gasteiger partial charge on any atom is -0.489 e. The van der Waals surface area contributed by atoms with Crippen LogP contribution in [-0.4, -0.2) is 6.04 Å². The van der Waals surface area contributed by atoms with Crippen molar-refractivity contribution in [3.63, 3.8) is 0 Å². The lowest BCUT2D eigenvalue weighted by Crippen LogP contribution is -2.03. The van der Waals surface area contributed by atoms with Gasteiger partial charge in [-0.15, -0.1) is 12.4 Å². The molecule has 2 aromatic rings. The van der Waals surface area contributed by atoms with Crippen molar-refractivity contribution in [1.82, 2.24) is 0 Å². The van der Waals surface area contributed by atoms with Crippen LogP contribution in [0.5, 0.6) is 5.75 Å². The summed E-state index contributed by atoms with van der Waals surface area (Å²) in [6, 6.07) is 18.8. The molecule has 0 radical (unpaired) electrons. The molecular formula is C16H18ClNO. The maximum Gasteiger partial charge on any atom is 0.123 e. The maximum atomic E-state index is 5.92. The van der Waals surface area contributed by atoms with Gasteiger partial charge in [-0.2, -0.15) is 0 Å². The minimum atomic E-state index is 0. The topological polar surface area (TPSA) is 35.2 Å². The summed E-state index contributed by atoms with van der Waals surface area (Å²) in [6.45, 7) is 0.611. The predicted molar refractivity (Wildman–Crippen MR) is 79.8 cm³/mol. The van der Waals surface area contributed by atoms with Gasteiger partial charge in [0.05, 0.1) is 0 Å². The summed E-state index contributed by atoms with van der Waals surface area (Å²) in [6.07, 6.45) is 1.08. The van der Waals surface area contributed by atoms with E-state index in [-0.39, 0.29) is 12.4 Å². The van der Waals surface area contributed by atoms with Gasteiger partial charge >= 0.3 is 0 Å². The van der Waals surface area contributed by atoms with Crippen molar-refractivity contribution < 1.29 is 4.74 Å². The Morgan fingerprint density at radius 2 is 1.63 bits per heavy atom. The average Bonchev–Trinajstić information content (AvgIpc) is 3.15. The second-order valence-electron chi connectivity index (χ2n) is 4.82. The zero-order chi connectivity index (χ0) is 12.4. The molecule has 0 aliphatic heterocycles. The van der Waals surface area contributed by atoms with Gasteiger partial charge in [-0.3, -0.25) is 0 Å². The van der Waals surface area contributed by atoms with Crippen LogP contribution >= 0.6 is 12.4 Å². The summed E-state index contributed by atoms with van der Waals surface area (Å²) in [4.78, 5) is 0. The molecule has 0 heterocycles. The van der Waals surface area contributed by atoms with Crippen LogP contribution in [0.15, 0.2) is 54.6 Å². The van der Waals surface area contributed by atoms with Crippen molar-refractivity contribution in [2.24, 2.45) is 5.73 Å². The minimum absolute atomic E-state index is 0. The highest BCUT2D eigenvalue weighted by Gasteiger charge is 2.36. The maximum absolute atomic E-state index is 5.92. The van der Waals surface area contributed by atoms with Crippen LogP contribution in [0.4, 0.5) is 0 Å². The van der Waals surface area contributed by atoms with Gasteiger partial charge in [0, 0.05) is 12.0 Å². The zero-order valence-electron chi connectivity index (χ0n) is 10.7. The van der Waals surface area contributed by atoms with Crippen LogP contribution in [0, 0.1) is 0 Å². The number of para-hydroxylation sites is 1. The van der Waals surface area contributed by atoms with E-state index in [2.05, 4.69) is 24.3 Å². The van der Waals surface area contributed by atoms with Gasteiger partial charge in [-0.25, -0.2) is 0 Å². The molecule has 0 unspecified atom stereocenters. The largest absolute Gasteiger partial charge is 0.489 e. The van der Waals surface area contributed by atoms with Gasteiger partial charge in [0.25, 0.3) is 0 Å². The summed E-state index contributed by atoms with van der Waals surface area (Å²) >= 11 is 0. The fraction of sp³-hybridized carbons (Fsp3) is 0.250. The Bertz CT molecular complexity index is 529. The third-order valence-corrected chi connectivity index (χ3v) is 3.40. The first-order valence-electron chi connectivity index (χ1n) is 6.36. The van der Waals surface area contributed by atoms with Gasteiger partial charge in [0.1, 0.15) is 12.4 Å². The fourth-order valence-electron chi connectivity index (χ4n) is 2.23. The van der Waals surface area contributed by atoms with E-state index in [9.17, 15) is 0 Å². The zero-order valence-corrected chi connectivity index (χ0v) is 11.5. The Morgan fingerprint density at radius 1 is 1.00 bits per heavy atom. The van der Waals surface area contributed by atoms with Crippen LogP contribution in [-0.2, 0) is 6.61 Å². The van der Waals surface area contributed by atoms with Gasteiger partial charge in [0.2, 0.25) is 0 Å². The van der Waals surface area contributed by atoms with Crippen LogP contribution in [0.3, 0.4) is 0 Å². The monoisotopic (exact) mass is 275 g/mol. The van der Waals surface area contributed by atoms with Crippen LogP contribution in [0.1, 0.15) is 23.5 Å². The number of hydrogen-bond donors (Lipinski definition) is 1. The predicted octanol–water partition coefficient (Wildman–Crippen LogP) is 3.50. The molecule has 3 heteroatoms. The SMILES string of the molecule is Cl.N[C@@H]1C[C@H]1c1ccccc1OCc1ccccc1. The number of ether oxygens (including phenoxy) is 1. The van der Waals surface area contributed by atoms with Gasteiger partial charge in [-0.05, 0) is 23.6 Å². The number of halogens is 1. The molecule has 2 nitrogen and oxygen atoms in total. The van der Waals surface area contributed by atoms with E-state index in [4.69, 9.17) is 10.5 Å². The first kappa shape index (κ1) is 13.9. The van der Waals surface area contributed by atoms with Gasteiger partial charge < -0.3 is 10.5 Å². The third kappa shape index (κ3) is 3.28. The number of rotatable bonds is 4. The van der Waals surface area contributed by atoms with E-state index < -0.39 is 0 Å². The first-order chi connectivity index (χ1) is 8.84. The van der Waals surface area contributed by atoms with Gasteiger partial charge in [-0.1, -0.05) is 48.5 Å². The molecular weight excluding hydrogens is 258 g/mol. The summed E-state index contributed by atoms with van der Waals surface area (Å²) < 4.78 is 5.92. The van der Waals surface area contributed by atoms with Crippen molar-refractivity contribution in [2.75, 3.05) is 0 Å². The van der Waals surface area contributed by atoms with Crippen LogP contribution in [0.25, 0.3) is 0 Å². The molecule has 0 spiro atoms. The molecule has 19 heavy (non-hydrogen) atoms. The first-order valence-corrected chi connectivity index (χ1v) is 6.36. The standard InChI is InChI=1S/C16H17NO.ClH/c17-15-10-14(15)13-8-4-5-9-16(13)18-11-12-6-2-1-3-7-12;/h1-9,14-15H,10-11,17H2;1H/t14-,15+;/m0./s1. The molecule has 100 valence electrons. The average molecular weight is 276 g/mol. The number of hydrogen-bond acceptors (Lipinski definition) is 2. The molecule has 1 aliphatic carbocycles. The van der Waals surface area contributed by atoms with E-state index in [1.807, 2.05) is 30.3 Å². The Morgan fingerprint density at radius 3 is 2.32 bits per heavy atom. The van der Waals surface area contributed by atoms with Crippen molar-refractivity contribution >= 4 is 12.4 Å². The number of benzene rings is 2. The van der Waals surface area contributed by atoms with E-state index in [1.54, 1.807) is 0 Å². The molecule has 3 rings (SSSR count). The van der Waals surface area contributed by atoms with Gasteiger partial charge in [0.15, 0.2) is 0 Å². The summed E-state index contributed by atoms with van der Waals surface area (Å²) in [7, 11) is 0. The normalized spacial score (nSPS) is 20.5. The molecule has 2 aromatic carbocycles. The molecule has 1 aliphatic rings. The summed E-state index contributed by atoms with van der Waals surface area (Å²) in [5, 5.41) is 0. The molecule has 2 atom stereocenters. The van der Waals surface area contributed by atoms with E-state index in [0.717, 1.165) is 12.2 Å². The molecule has 0 amide bonds. The lowest BCUT2D eigenvalue weighted by atomic mass is 10.1. The second kappa shape index (κ2) is 6.09. The Labute approximate surface area is 120 Å². The Balaban J connectivity index is 0.00000133. The molecule has 0 aromatic heterocycles. The highest BCUT2D eigenvalue weighted by molar-refractivity contribution is 5.85. The smallest absolute Gasteiger partial charge is 0.123 e. The quantitative estimate of drug-likeness (QED) is 0.927. The summed E-state index contributed by atoms with van der Waals surface area (Å²) in [5.41, 5.74) is 8.36. The lowest BCUT2D eigenvalue weighted by Gasteiger charge is -2.11. The van der Waals surface area contributed by atoms with Crippen LogP contribution in [0.2, 0.25) is 0 Å². The number of nitrogens with two attached hydrogens (primary N) is 1. The van der Waals surface area contributed by atoms with Crippen molar-refractivity contribution in [1.29, 1.82) is 0 Å². The van der Waals surface area contributed by atoms with E-state index >= 15 is 0 Å². The Hall–Kier alpha value is -1.51. The third-order valence-electron chi connectivity index (χ3n) is 3.40. The molecule has 1 fully saturated rings. The fourth-order valence-corrected chi connectivity index (χ4v) is 2.23. The lowest BCUT2D eigenvalue weighted by molar-refractivity contribution is 0.303. The molecule has 0 bridgehead atoms. The van der Waals surface area contributed by atoms with Crippen LogP contribution < -0.4 is 10.5 Å². The van der Waals surface area contributed by atoms with Crippen molar-refractivity contribution in [3.05, 3.63) is 65.7 Å². The summed E-state index contributed by atoms with van der Waals surface area (Å²) in [5.74, 6) is 1.45.